The molecule has 0 aliphatic rings. The van der Waals surface area contributed by atoms with E-state index in [1.807, 2.05) is 12.1 Å². The van der Waals surface area contributed by atoms with E-state index < -0.39 is 0 Å². The Hall–Kier alpha value is -0.550. The van der Waals surface area contributed by atoms with Crippen molar-refractivity contribution >= 4 is 40.5 Å². The van der Waals surface area contributed by atoms with Gasteiger partial charge in [0.05, 0.1) is 10.0 Å². The number of nitrogens with one attached hydrogen (secondary N) is 2. The first-order chi connectivity index (χ1) is 8.63. The standard InChI is InChI=1S/C12H16Cl2N2OS/c1-17-6-2-5-15-12(18)16-8-9-3-4-10(13)11(14)7-9/h3-4,7H,2,5-6,8H2,1H3,(H2,15,16,18). The Bertz CT molecular complexity index is 402. The van der Waals surface area contributed by atoms with Crippen LogP contribution in [0.25, 0.3) is 0 Å². The van der Waals surface area contributed by atoms with Gasteiger partial charge in [-0.15, -0.1) is 0 Å². The maximum atomic E-state index is 5.93. The zero-order valence-corrected chi connectivity index (χ0v) is 12.5. The van der Waals surface area contributed by atoms with E-state index in [1.54, 1.807) is 13.2 Å². The number of rotatable bonds is 6. The third kappa shape index (κ3) is 5.87. The van der Waals surface area contributed by atoms with Crippen molar-refractivity contribution in [3.8, 4) is 0 Å². The minimum Gasteiger partial charge on any atom is -0.385 e. The van der Waals surface area contributed by atoms with Gasteiger partial charge in [-0.05, 0) is 36.3 Å². The second-order valence-corrected chi connectivity index (χ2v) is 4.93. The van der Waals surface area contributed by atoms with Gasteiger partial charge in [0.2, 0.25) is 0 Å². The number of benzene rings is 1. The Morgan fingerprint density at radius 2 is 2.06 bits per heavy atom. The maximum absolute atomic E-state index is 5.93. The molecule has 0 bridgehead atoms. The molecule has 0 saturated heterocycles. The van der Waals surface area contributed by atoms with Gasteiger partial charge < -0.3 is 15.4 Å². The Morgan fingerprint density at radius 3 is 2.72 bits per heavy atom. The van der Waals surface area contributed by atoms with E-state index in [1.165, 1.54) is 0 Å². The summed E-state index contributed by atoms with van der Waals surface area (Å²) in [6.45, 7) is 2.14. The van der Waals surface area contributed by atoms with Gasteiger partial charge in [-0.2, -0.15) is 0 Å². The monoisotopic (exact) mass is 306 g/mol. The molecule has 100 valence electrons. The van der Waals surface area contributed by atoms with Crippen LogP contribution in [0.2, 0.25) is 10.0 Å². The second-order valence-electron chi connectivity index (χ2n) is 3.70. The van der Waals surface area contributed by atoms with Gasteiger partial charge in [-0.1, -0.05) is 29.3 Å². The number of halogens is 2. The SMILES string of the molecule is COCCCNC(=S)NCc1ccc(Cl)c(Cl)c1. The van der Waals surface area contributed by atoms with Crippen molar-refractivity contribution in [1.82, 2.24) is 10.6 Å². The highest BCUT2D eigenvalue weighted by atomic mass is 35.5. The molecule has 0 atom stereocenters. The number of hydrogen-bond acceptors (Lipinski definition) is 2. The molecule has 2 N–H and O–H groups in total. The fraction of sp³-hybridized carbons (Fsp3) is 0.417. The number of thiocarbonyl (C=S) groups is 1. The summed E-state index contributed by atoms with van der Waals surface area (Å²) in [6.07, 6.45) is 0.922. The highest BCUT2D eigenvalue weighted by Gasteiger charge is 2.00. The molecule has 6 heteroatoms. The van der Waals surface area contributed by atoms with Gasteiger partial charge in [0, 0.05) is 26.8 Å². The van der Waals surface area contributed by atoms with Crippen molar-refractivity contribution < 1.29 is 4.74 Å². The average Bonchev–Trinajstić information content (AvgIpc) is 2.36. The second kappa shape index (κ2) is 8.53. The topological polar surface area (TPSA) is 33.3 Å². The predicted molar refractivity (Wildman–Crippen MR) is 80.4 cm³/mol. The molecular formula is C12H16Cl2N2OS. The molecule has 18 heavy (non-hydrogen) atoms. The highest BCUT2D eigenvalue weighted by molar-refractivity contribution is 7.80. The lowest BCUT2D eigenvalue weighted by Crippen LogP contribution is -2.35. The number of ether oxygens (including phenoxy) is 1. The van der Waals surface area contributed by atoms with Gasteiger partial charge in [0.1, 0.15) is 0 Å². The maximum Gasteiger partial charge on any atom is 0.166 e. The predicted octanol–water partition coefficient (Wildman–Crippen LogP) is 2.99. The third-order valence-electron chi connectivity index (χ3n) is 2.25. The van der Waals surface area contributed by atoms with Crippen LogP contribution < -0.4 is 10.6 Å². The number of hydrogen-bond donors (Lipinski definition) is 2. The van der Waals surface area contributed by atoms with Crippen molar-refractivity contribution in [2.75, 3.05) is 20.3 Å². The van der Waals surface area contributed by atoms with Gasteiger partial charge in [-0.3, -0.25) is 0 Å². The third-order valence-corrected chi connectivity index (χ3v) is 3.28. The van der Waals surface area contributed by atoms with Crippen molar-refractivity contribution in [2.45, 2.75) is 13.0 Å². The summed E-state index contributed by atoms with van der Waals surface area (Å²) in [5.41, 5.74) is 1.03. The molecule has 1 aromatic rings. The summed E-state index contributed by atoms with van der Waals surface area (Å²) in [4.78, 5) is 0. The van der Waals surface area contributed by atoms with Crippen LogP contribution in [0.3, 0.4) is 0 Å². The molecule has 0 fully saturated rings. The van der Waals surface area contributed by atoms with E-state index in [0.717, 1.165) is 25.1 Å². The van der Waals surface area contributed by atoms with Crippen LogP contribution in [0.15, 0.2) is 18.2 Å². The van der Waals surface area contributed by atoms with Crippen LogP contribution in [0, 0.1) is 0 Å². The lowest BCUT2D eigenvalue weighted by Gasteiger charge is -2.10. The van der Waals surface area contributed by atoms with Crippen molar-refractivity contribution in [3.05, 3.63) is 33.8 Å². The van der Waals surface area contributed by atoms with Crippen LogP contribution in [0.1, 0.15) is 12.0 Å². The van der Waals surface area contributed by atoms with Gasteiger partial charge >= 0.3 is 0 Å². The quantitative estimate of drug-likeness (QED) is 0.625. The first-order valence-electron chi connectivity index (χ1n) is 5.58. The Labute approximate surface area is 123 Å². The summed E-state index contributed by atoms with van der Waals surface area (Å²) in [5.74, 6) is 0. The summed E-state index contributed by atoms with van der Waals surface area (Å²) < 4.78 is 4.95. The molecule has 1 aromatic carbocycles. The summed E-state index contributed by atoms with van der Waals surface area (Å²) in [5, 5.41) is 7.92. The lowest BCUT2D eigenvalue weighted by atomic mass is 10.2. The van der Waals surface area contributed by atoms with Crippen LogP contribution in [0.4, 0.5) is 0 Å². The van der Waals surface area contributed by atoms with E-state index >= 15 is 0 Å². The molecule has 0 aliphatic heterocycles. The summed E-state index contributed by atoms with van der Waals surface area (Å²) >= 11 is 16.9. The van der Waals surface area contributed by atoms with E-state index in [-0.39, 0.29) is 0 Å². The molecule has 0 heterocycles. The van der Waals surface area contributed by atoms with E-state index in [9.17, 15) is 0 Å². The zero-order valence-electron chi connectivity index (χ0n) is 10.1. The average molecular weight is 307 g/mol. The van der Waals surface area contributed by atoms with Crippen molar-refractivity contribution in [3.63, 3.8) is 0 Å². The van der Waals surface area contributed by atoms with E-state index in [4.69, 9.17) is 40.2 Å². The van der Waals surface area contributed by atoms with Gasteiger partial charge in [0.15, 0.2) is 5.11 Å². The zero-order chi connectivity index (χ0) is 13.4. The molecule has 0 radical (unpaired) electrons. The van der Waals surface area contributed by atoms with Crippen molar-refractivity contribution in [2.24, 2.45) is 0 Å². The first-order valence-corrected chi connectivity index (χ1v) is 6.74. The summed E-state index contributed by atoms with van der Waals surface area (Å²) in [7, 11) is 1.68. The molecule has 0 aliphatic carbocycles. The van der Waals surface area contributed by atoms with Crippen LogP contribution >= 0.6 is 35.4 Å². The summed E-state index contributed by atoms with van der Waals surface area (Å²) in [6, 6.07) is 5.51. The Balaban J connectivity index is 2.27. The molecule has 3 nitrogen and oxygen atoms in total. The van der Waals surface area contributed by atoms with Crippen molar-refractivity contribution in [1.29, 1.82) is 0 Å². The van der Waals surface area contributed by atoms with Crippen LogP contribution in [0.5, 0.6) is 0 Å². The molecule has 0 amide bonds. The molecule has 0 unspecified atom stereocenters. The Morgan fingerprint density at radius 1 is 1.28 bits per heavy atom. The highest BCUT2D eigenvalue weighted by Crippen LogP contribution is 2.22. The minimum absolute atomic E-state index is 0.551. The van der Waals surface area contributed by atoms with Crippen LogP contribution in [-0.4, -0.2) is 25.4 Å². The first kappa shape index (κ1) is 15.5. The van der Waals surface area contributed by atoms with Gasteiger partial charge in [-0.25, -0.2) is 0 Å². The molecule has 0 aromatic heterocycles. The normalized spacial score (nSPS) is 10.2. The molecule has 1 rings (SSSR count). The van der Waals surface area contributed by atoms with E-state index in [2.05, 4.69) is 10.6 Å². The lowest BCUT2D eigenvalue weighted by molar-refractivity contribution is 0.195. The van der Waals surface area contributed by atoms with Crippen LogP contribution in [-0.2, 0) is 11.3 Å². The Kier molecular flexibility index (Phi) is 7.35. The fourth-order valence-corrected chi connectivity index (χ4v) is 1.81. The fourth-order valence-electron chi connectivity index (χ4n) is 1.31. The molecular weight excluding hydrogens is 291 g/mol. The molecule has 0 spiro atoms. The van der Waals surface area contributed by atoms with Gasteiger partial charge in [0.25, 0.3) is 0 Å². The largest absolute Gasteiger partial charge is 0.385 e. The number of methoxy groups -OCH3 is 1. The molecule has 0 saturated carbocycles. The minimum atomic E-state index is 0.551. The smallest absolute Gasteiger partial charge is 0.166 e. The van der Waals surface area contributed by atoms with E-state index in [0.29, 0.717) is 21.7 Å².